The lowest BCUT2D eigenvalue weighted by molar-refractivity contribution is -0.319. The van der Waals surface area contributed by atoms with E-state index in [0.29, 0.717) is 24.5 Å². The number of amides is 1. The molecule has 1 amide bonds. The number of rotatable bonds is 5. The zero-order valence-electron chi connectivity index (χ0n) is 22.0. The average molecular weight is 538 g/mol. The van der Waals surface area contributed by atoms with E-state index in [0.717, 1.165) is 11.1 Å². The number of aliphatic hydroxyl groups is 1. The lowest BCUT2D eigenvalue weighted by Gasteiger charge is -2.44. The third-order valence-electron chi connectivity index (χ3n) is 7.77. The highest BCUT2D eigenvalue weighted by Gasteiger charge is 2.50. The Morgan fingerprint density at radius 2 is 1.74 bits per heavy atom. The molecule has 1 aromatic rings. The molecule has 0 aromatic heterocycles. The Labute approximate surface area is 220 Å². The van der Waals surface area contributed by atoms with Gasteiger partial charge in [0, 0.05) is 32.5 Å². The van der Waals surface area contributed by atoms with E-state index in [2.05, 4.69) is 0 Å². The number of hydrogen-bond acceptors (Lipinski definition) is 11. The number of ether oxygens (including phenoxy) is 8. The molecule has 4 heterocycles. The Hall–Kier alpha value is -2.32. The first kappa shape index (κ1) is 27.3. The Bertz CT molecular complexity index is 1030. The van der Waals surface area contributed by atoms with Crippen LogP contribution in [0.4, 0.5) is 0 Å². The molecule has 4 aliphatic heterocycles. The fourth-order valence-corrected chi connectivity index (χ4v) is 5.80. The molecule has 3 fully saturated rings. The summed E-state index contributed by atoms with van der Waals surface area (Å²) in [6.07, 6.45) is -5.81. The van der Waals surface area contributed by atoms with Crippen LogP contribution in [0.25, 0.3) is 0 Å². The standard InChI is InChI=1S/C26H35NO11/c1-13-22(33-4)23-24(36-12-34-11-35-23)26(37-13)38-20-9-17(28)15-5-6-27(25(30)21(20)29)10-14-7-18(31-2)19(32-3)8-16(14)15/h7-8,13,15,20-24,26,29H,5-6,9-12H2,1-4H3/t13-,15-,20-,21+,22-,23+,24-,26+/m1/s1. The number of carbonyl (C=O) groups excluding carboxylic acids is 2. The van der Waals surface area contributed by atoms with Gasteiger partial charge in [-0.2, -0.15) is 0 Å². The Morgan fingerprint density at radius 1 is 1.03 bits per heavy atom. The van der Waals surface area contributed by atoms with Gasteiger partial charge in [0.05, 0.1) is 20.3 Å². The van der Waals surface area contributed by atoms with Gasteiger partial charge in [0.2, 0.25) is 0 Å². The Morgan fingerprint density at radius 3 is 2.45 bits per heavy atom. The summed E-state index contributed by atoms with van der Waals surface area (Å²) >= 11 is 0. The minimum atomic E-state index is -1.58. The highest BCUT2D eigenvalue weighted by Crippen LogP contribution is 2.40. The van der Waals surface area contributed by atoms with Gasteiger partial charge >= 0.3 is 0 Å². The van der Waals surface area contributed by atoms with Crippen LogP contribution in [0, 0.1) is 0 Å². The van der Waals surface area contributed by atoms with E-state index < -0.39 is 54.7 Å². The van der Waals surface area contributed by atoms with Gasteiger partial charge in [0.15, 0.2) is 23.9 Å². The van der Waals surface area contributed by atoms with Crippen molar-refractivity contribution in [3.05, 3.63) is 23.3 Å². The smallest absolute Gasteiger partial charge is 0.254 e. The van der Waals surface area contributed by atoms with Gasteiger partial charge in [-0.25, -0.2) is 0 Å². The SMILES string of the molecule is COc1cc2c(cc1OC)[C@H]1CCN(C2)C(=O)[C@@H](O)[C@H](O[C@@H]2O[C@H](C)[C@@H](OC)[C@@H]3OCOCO[C@@H]23)CC1=O. The molecule has 0 spiro atoms. The lowest BCUT2D eigenvalue weighted by Crippen LogP contribution is -2.60. The summed E-state index contributed by atoms with van der Waals surface area (Å²) in [7, 11) is 4.62. The highest BCUT2D eigenvalue weighted by molar-refractivity contribution is 5.90. The average Bonchev–Trinajstić information content (AvgIpc) is 3.26. The van der Waals surface area contributed by atoms with Crippen LogP contribution >= 0.6 is 0 Å². The van der Waals surface area contributed by atoms with Gasteiger partial charge in [0.25, 0.3) is 5.91 Å². The topological polar surface area (TPSA) is 131 Å². The molecule has 1 N–H and O–H groups in total. The van der Waals surface area contributed by atoms with Crippen LogP contribution in [0.2, 0.25) is 0 Å². The van der Waals surface area contributed by atoms with Crippen LogP contribution < -0.4 is 9.47 Å². The van der Waals surface area contributed by atoms with Crippen molar-refractivity contribution in [2.24, 2.45) is 0 Å². The summed E-state index contributed by atoms with van der Waals surface area (Å²) in [6.45, 7) is 2.28. The van der Waals surface area contributed by atoms with E-state index in [9.17, 15) is 14.7 Å². The van der Waals surface area contributed by atoms with Gasteiger partial charge in [-0.15, -0.1) is 0 Å². The fraction of sp³-hybridized carbons (Fsp3) is 0.692. The molecule has 0 saturated carbocycles. The van der Waals surface area contributed by atoms with Crippen molar-refractivity contribution in [2.75, 3.05) is 41.5 Å². The minimum absolute atomic E-state index is 0.00773. The van der Waals surface area contributed by atoms with E-state index in [4.69, 9.17) is 37.9 Å². The molecule has 12 heteroatoms. The minimum Gasteiger partial charge on any atom is -0.493 e. The number of fused-ring (bicyclic) bond motifs is 6. The van der Waals surface area contributed by atoms with E-state index in [1.54, 1.807) is 31.1 Å². The van der Waals surface area contributed by atoms with E-state index in [1.165, 1.54) is 14.2 Å². The van der Waals surface area contributed by atoms with Gasteiger partial charge in [-0.1, -0.05) is 0 Å². The van der Waals surface area contributed by atoms with Crippen LogP contribution in [0.15, 0.2) is 12.1 Å². The number of carbonyl (C=O) groups is 2. The fourth-order valence-electron chi connectivity index (χ4n) is 5.80. The van der Waals surface area contributed by atoms with Crippen LogP contribution in [0.3, 0.4) is 0 Å². The first-order chi connectivity index (χ1) is 18.4. The molecule has 3 saturated heterocycles. The molecule has 8 atom stereocenters. The lowest BCUT2D eigenvalue weighted by atomic mass is 9.86. The molecule has 1 aromatic carbocycles. The van der Waals surface area contributed by atoms with Crippen LogP contribution in [0.5, 0.6) is 11.5 Å². The summed E-state index contributed by atoms with van der Waals surface area (Å²) in [6, 6.07) is 3.59. The van der Waals surface area contributed by atoms with Crippen molar-refractivity contribution in [3.8, 4) is 11.5 Å². The largest absolute Gasteiger partial charge is 0.493 e. The number of nitrogens with zero attached hydrogens (tertiary/aromatic N) is 1. The van der Waals surface area contributed by atoms with Crippen LogP contribution in [-0.4, -0.2) is 106 Å². The second-order valence-electron chi connectivity index (χ2n) is 9.91. The molecule has 2 bridgehead atoms. The summed E-state index contributed by atoms with van der Waals surface area (Å²) in [4.78, 5) is 28.8. The predicted octanol–water partition coefficient (Wildman–Crippen LogP) is 0.714. The zero-order valence-corrected chi connectivity index (χ0v) is 22.0. The molecule has 5 rings (SSSR count). The quantitative estimate of drug-likeness (QED) is 0.570. The molecule has 0 radical (unpaired) electrons. The van der Waals surface area contributed by atoms with Crippen molar-refractivity contribution in [3.63, 3.8) is 0 Å². The maximum Gasteiger partial charge on any atom is 0.254 e. The normalized spacial score (nSPS) is 35.8. The predicted molar refractivity (Wildman–Crippen MR) is 129 cm³/mol. The molecule has 210 valence electrons. The van der Waals surface area contributed by atoms with Crippen molar-refractivity contribution in [1.29, 1.82) is 0 Å². The molecular formula is C26H35NO11. The summed E-state index contributed by atoms with van der Waals surface area (Å²) in [5.74, 6) is -0.183. The third-order valence-corrected chi connectivity index (χ3v) is 7.77. The van der Waals surface area contributed by atoms with Gasteiger partial charge in [-0.05, 0) is 36.6 Å². The van der Waals surface area contributed by atoms with E-state index in [-0.39, 0.29) is 32.3 Å². The summed E-state index contributed by atoms with van der Waals surface area (Å²) < 4.78 is 45.7. The van der Waals surface area contributed by atoms with Gasteiger partial charge in [0.1, 0.15) is 43.8 Å². The van der Waals surface area contributed by atoms with Crippen molar-refractivity contribution >= 4 is 11.7 Å². The monoisotopic (exact) mass is 537 g/mol. The first-order valence-corrected chi connectivity index (χ1v) is 12.7. The first-order valence-electron chi connectivity index (χ1n) is 12.7. The summed E-state index contributed by atoms with van der Waals surface area (Å²) in [5, 5.41) is 11.2. The maximum atomic E-state index is 13.7. The Kier molecular flexibility index (Phi) is 8.19. The van der Waals surface area contributed by atoms with Crippen LogP contribution in [0.1, 0.15) is 36.8 Å². The molecule has 0 unspecified atom stereocenters. The van der Waals surface area contributed by atoms with E-state index in [1.807, 2.05) is 0 Å². The van der Waals surface area contributed by atoms with Crippen molar-refractivity contribution in [1.82, 2.24) is 4.90 Å². The van der Waals surface area contributed by atoms with Crippen molar-refractivity contribution < 1.29 is 52.6 Å². The van der Waals surface area contributed by atoms with E-state index >= 15 is 0 Å². The third kappa shape index (κ3) is 5.02. The molecule has 4 aliphatic rings. The number of benzene rings is 1. The maximum absolute atomic E-state index is 13.7. The molecule has 38 heavy (non-hydrogen) atoms. The number of methoxy groups -OCH3 is 3. The number of hydrogen-bond donors (Lipinski definition) is 1. The summed E-state index contributed by atoms with van der Waals surface area (Å²) in [5.41, 5.74) is 1.56. The Balaban J connectivity index is 1.45. The number of Topliss-reactive ketones (excluding diaryl/α,β-unsaturated/α-hetero) is 1. The number of aliphatic hydroxyl groups excluding tert-OH is 1. The van der Waals surface area contributed by atoms with Gasteiger partial charge < -0.3 is 47.9 Å². The second-order valence-corrected chi connectivity index (χ2v) is 9.91. The number of ketones is 1. The van der Waals surface area contributed by atoms with Gasteiger partial charge in [-0.3, -0.25) is 9.59 Å². The second kappa shape index (κ2) is 11.4. The highest BCUT2D eigenvalue weighted by atomic mass is 16.8. The molecule has 0 aliphatic carbocycles. The molecule has 12 nitrogen and oxygen atoms in total. The molecular weight excluding hydrogens is 502 g/mol. The van der Waals surface area contributed by atoms with Crippen LogP contribution in [-0.2, 0) is 44.6 Å². The van der Waals surface area contributed by atoms with Crippen molar-refractivity contribution in [2.45, 2.75) is 75.1 Å². The zero-order chi connectivity index (χ0) is 27.0.